The zero-order valence-electron chi connectivity index (χ0n) is 5.86. The highest BCUT2D eigenvalue weighted by Gasteiger charge is 2.35. The molecule has 0 fully saturated rings. The van der Waals surface area contributed by atoms with Crippen molar-refractivity contribution in [1.29, 1.82) is 0 Å². The third-order valence-electron chi connectivity index (χ3n) is 0.864. The number of rotatable bonds is 3. The zero-order chi connectivity index (χ0) is 9.99. The fourth-order valence-electron chi connectivity index (χ4n) is 0.469. The number of hydrogen-bond acceptors (Lipinski definition) is 2. The van der Waals surface area contributed by atoms with E-state index in [0.29, 0.717) is 6.08 Å². The molecule has 0 aliphatic heterocycles. The molecule has 0 spiro atoms. The van der Waals surface area contributed by atoms with Crippen LogP contribution in [0.5, 0.6) is 0 Å². The predicted molar refractivity (Wildman–Crippen MR) is 42.4 cm³/mol. The second-order valence-electron chi connectivity index (χ2n) is 1.85. The fraction of sp³-hybridized carbons (Fsp3) is 0. The molecule has 8 heteroatoms. The van der Waals surface area contributed by atoms with Gasteiger partial charge in [0, 0.05) is 0 Å². The van der Waals surface area contributed by atoms with E-state index in [4.69, 9.17) is 19.6 Å². The van der Waals surface area contributed by atoms with Crippen LogP contribution in [0.1, 0.15) is 0 Å². The van der Waals surface area contributed by atoms with Crippen molar-refractivity contribution >= 4 is 15.2 Å². The first-order chi connectivity index (χ1) is 5.19. The summed E-state index contributed by atoms with van der Waals surface area (Å²) >= 11 is 0. The molecule has 0 rings (SSSR count). The van der Waals surface area contributed by atoms with Crippen LogP contribution in [0.2, 0.25) is 0 Å². The third-order valence-corrected chi connectivity index (χ3v) is 3.92. The first-order valence-corrected chi connectivity index (χ1v) is 5.87. The summed E-state index contributed by atoms with van der Waals surface area (Å²) in [5.74, 6) is 0. The molecule has 0 atom stereocenters. The molecular formula is C4H8O6P2. The maximum absolute atomic E-state index is 10.5. The van der Waals surface area contributed by atoms with Gasteiger partial charge in [-0.25, -0.2) is 0 Å². The van der Waals surface area contributed by atoms with Gasteiger partial charge in [0.25, 0.3) is 0 Å². The summed E-state index contributed by atoms with van der Waals surface area (Å²) in [6.45, 7) is 3.06. The Morgan fingerprint density at radius 3 is 1.50 bits per heavy atom. The van der Waals surface area contributed by atoms with E-state index >= 15 is 0 Å². The topological polar surface area (TPSA) is 115 Å². The lowest BCUT2D eigenvalue weighted by Gasteiger charge is -2.09. The standard InChI is InChI=1S/C4H8O6P2/c1-2-3-4(11(5,6)7)12(8,9)10/h2-3H,1H2,(H2,5,6,7)(H2,8,9,10). The van der Waals surface area contributed by atoms with Gasteiger partial charge in [0.15, 0.2) is 5.06 Å². The molecule has 4 N–H and O–H groups in total. The molecular weight excluding hydrogens is 206 g/mol. The highest BCUT2D eigenvalue weighted by Crippen LogP contribution is 2.63. The molecule has 0 aromatic rings. The molecule has 0 saturated heterocycles. The second kappa shape index (κ2) is 3.66. The van der Waals surface area contributed by atoms with Crippen LogP contribution in [0.25, 0.3) is 0 Å². The second-order valence-corrected chi connectivity index (χ2v) is 5.34. The molecule has 0 aliphatic rings. The van der Waals surface area contributed by atoms with E-state index in [1.54, 1.807) is 0 Å². The predicted octanol–water partition coefficient (Wildman–Crippen LogP) is 0.369. The Labute approximate surface area is 68.6 Å². The van der Waals surface area contributed by atoms with Crippen molar-refractivity contribution < 1.29 is 28.7 Å². The Kier molecular flexibility index (Phi) is 3.59. The molecule has 6 nitrogen and oxygen atoms in total. The van der Waals surface area contributed by atoms with Gasteiger partial charge in [-0.3, -0.25) is 9.13 Å². The van der Waals surface area contributed by atoms with Gasteiger partial charge in [-0.2, -0.15) is 0 Å². The maximum Gasteiger partial charge on any atom is 0.364 e. The molecule has 0 aliphatic carbocycles. The van der Waals surface area contributed by atoms with Gasteiger partial charge in [0.2, 0.25) is 0 Å². The van der Waals surface area contributed by atoms with Crippen LogP contribution >= 0.6 is 15.2 Å². The van der Waals surface area contributed by atoms with E-state index in [9.17, 15) is 9.13 Å². The van der Waals surface area contributed by atoms with Crippen molar-refractivity contribution in [2.75, 3.05) is 0 Å². The van der Waals surface area contributed by atoms with Crippen LogP contribution in [-0.2, 0) is 9.13 Å². The molecule has 0 heterocycles. The smallest absolute Gasteiger partial charge is 0.321 e. The van der Waals surface area contributed by atoms with Crippen LogP contribution in [0.3, 0.4) is 0 Å². The minimum absolute atomic E-state index is 0.613. The summed E-state index contributed by atoms with van der Waals surface area (Å²) in [5, 5.41) is -1.22. The molecule has 0 aromatic heterocycles. The Morgan fingerprint density at radius 2 is 1.42 bits per heavy atom. The molecule has 0 unspecified atom stereocenters. The SMILES string of the molecule is C=CC=C(P(=O)(O)O)P(=O)(O)O. The average Bonchev–Trinajstić information content (AvgIpc) is 1.77. The minimum Gasteiger partial charge on any atom is -0.321 e. The van der Waals surface area contributed by atoms with Gasteiger partial charge in [-0.05, 0) is 6.08 Å². The van der Waals surface area contributed by atoms with Crippen molar-refractivity contribution in [1.82, 2.24) is 0 Å². The normalized spacial score (nSPS) is 12.3. The van der Waals surface area contributed by atoms with E-state index in [-0.39, 0.29) is 0 Å². The Hall–Kier alpha value is -0.220. The maximum atomic E-state index is 10.5. The first kappa shape index (κ1) is 11.8. The van der Waals surface area contributed by atoms with E-state index in [0.717, 1.165) is 6.08 Å². The van der Waals surface area contributed by atoms with Crippen molar-refractivity contribution in [3.05, 3.63) is 23.8 Å². The van der Waals surface area contributed by atoms with Crippen molar-refractivity contribution in [3.63, 3.8) is 0 Å². The van der Waals surface area contributed by atoms with Crippen molar-refractivity contribution in [3.8, 4) is 0 Å². The molecule has 0 bridgehead atoms. The quantitative estimate of drug-likeness (QED) is 0.398. The summed E-state index contributed by atoms with van der Waals surface area (Å²) in [6.07, 6.45) is 1.51. The molecule has 12 heavy (non-hydrogen) atoms. The van der Waals surface area contributed by atoms with Crippen LogP contribution < -0.4 is 0 Å². The van der Waals surface area contributed by atoms with Crippen LogP contribution in [0.4, 0.5) is 0 Å². The summed E-state index contributed by atoms with van der Waals surface area (Å²) in [6, 6.07) is 0. The lowest BCUT2D eigenvalue weighted by molar-refractivity contribution is 0.367. The monoisotopic (exact) mass is 214 g/mol. The van der Waals surface area contributed by atoms with Gasteiger partial charge < -0.3 is 19.6 Å². The lowest BCUT2D eigenvalue weighted by atomic mass is 10.6. The van der Waals surface area contributed by atoms with E-state index in [2.05, 4.69) is 6.58 Å². The Morgan fingerprint density at radius 1 is 1.08 bits per heavy atom. The minimum atomic E-state index is -4.89. The molecule has 0 aromatic carbocycles. The summed E-state index contributed by atoms with van der Waals surface area (Å²) < 4.78 is 20.9. The van der Waals surface area contributed by atoms with Crippen LogP contribution in [0, 0.1) is 0 Å². The van der Waals surface area contributed by atoms with E-state index in [1.807, 2.05) is 0 Å². The highest BCUT2D eigenvalue weighted by molar-refractivity contribution is 7.77. The molecule has 0 saturated carbocycles. The van der Waals surface area contributed by atoms with E-state index < -0.39 is 20.2 Å². The van der Waals surface area contributed by atoms with Crippen molar-refractivity contribution in [2.24, 2.45) is 0 Å². The number of allylic oxidation sites excluding steroid dienone is 2. The largest absolute Gasteiger partial charge is 0.364 e. The zero-order valence-corrected chi connectivity index (χ0v) is 7.65. The average molecular weight is 214 g/mol. The van der Waals surface area contributed by atoms with Gasteiger partial charge in [-0.1, -0.05) is 12.7 Å². The van der Waals surface area contributed by atoms with Crippen molar-refractivity contribution in [2.45, 2.75) is 0 Å². The Bertz CT molecular complexity index is 269. The Balaban J connectivity index is 5.25. The lowest BCUT2D eigenvalue weighted by Crippen LogP contribution is -1.87. The summed E-state index contributed by atoms with van der Waals surface area (Å²) in [4.78, 5) is 33.8. The number of hydrogen-bond donors (Lipinski definition) is 4. The van der Waals surface area contributed by atoms with Crippen LogP contribution in [-0.4, -0.2) is 19.6 Å². The first-order valence-electron chi connectivity index (χ1n) is 2.64. The molecule has 0 radical (unpaired) electrons. The summed E-state index contributed by atoms with van der Waals surface area (Å²) in [5.41, 5.74) is 0. The molecule has 0 amide bonds. The van der Waals surface area contributed by atoms with Crippen LogP contribution in [0.15, 0.2) is 23.8 Å². The highest BCUT2D eigenvalue weighted by atomic mass is 31.2. The molecule has 70 valence electrons. The third kappa shape index (κ3) is 3.45. The fourth-order valence-corrected chi connectivity index (χ4v) is 2.43. The van der Waals surface area contributed by atoms with Gasteiger partial charge in [0.1, 0.15) is 0 Å². The van der Waals surface area contributed by atoms with Gasteiger partial charge in [-0.15, -0.1) is 0 Å². The summed E-state index contributed by atoms with van der Waals surface area (Å²) in [7, 11) is -9.77. The van der Waals surface area contributed by atoms with Gasteiger partial charge >= 0.3 is 15.2 Å². The van der Waals surface area contributed by atoms with Gasteiger partial charge in [0.05, 0.1) is 0 Å². The van der Waals surface area contributed by atoms with E-state index in [1.165, 1.54) is 0 Å².